The highest BCUT2D eigenvalue weighted by Crippen LogP contribution is 2.31. The first-order chi connectivity index (χ1) is 17.5. The van der Waals surface area contributed by atoms with Gasteiger partial charge in [0.15, 0.2) is 0 Å². The maximum Gasteiger partial charge on any atom is 0.223 e. The molecule has 36 heavy (non-hydrogen) atoms. The Hall–Kier alpha value is -3.04. The fraction of sp³-hybridized carbons (Fsp3) is 0.556. The molecule has 0 saturated carbocycles. The van der Waals surface area contributed by atoms with Crippen molar-refractivity contribution in [2.24, 2.45) is 4.99 Å². The number of likely N-dealkylation sites (N-methyl/N-ethyl adjacent to an activating group) is 1. The summed E-state index contributed by atoms with van der Waals surface area (Å²) in [6.45, 7) is 8.40. The number of nitrogens with one attached hydrogen (secondary N) is 1. The molecule has 3 aliphatic rings. The van der Waals surface area contributed by atoms with Crippen molar-refractivity contribution < 1.29 is 4.74 Å². The lowest BCUT2D eigenvalue weighted by Crippen LogP contribution is -2.45. The highest BCUT2D eigenvalue weighted by molar-refractivity contribution is 5.89. The largest absolute Gasteiger partial charge is 0.376 e. The molecule has 3 atom stereocenters. The van der Waals surface area contributed by atoms with Gasteiger partial charge in [-0.05, 0) is 49.9 Å². The molecule has 3 aliphatic heterocycles. The van der Waals surface area contributed by atoms with Gasteiger partial charge in [0.25, 0.3) is 0 Å². The molecular weight excluding hydrogens is 452 g/mol. The maximum absolute atomic E-state index is 7.99. The van der Waals surface area contributed by atoms with Crippen LogP contribution in [0.25, 0.3) is 0 Å². The molecule has 2 aromatic rings. The van der Waals surface area contributed by atoms with Crippen LogP contribution < -0.4 is 15.5 Å². The summed E-state index contributed by atoms with van der Waals surface area (Å²) in [4.78, 5) is 20.7. The van der Waals surface area contributed by atoms with Crippen LogP contribution in [0, 0.1) is 5.41 Å². The summed E-state index contributed by atoms with van der Waals surface area (Å²) in [6.07, 6.45) is 6.71. The topological polar surface area (TPSA) is 107 Å². The first-order valence-electron chi connectivity index (χ1n) is 13.1. The van der Waals surface area contributed by atoms with E-state index in [2.05, 4.69) is 67.9 Å². The average Bonchev–Trinajstić information content (AvgIpc) is 3.40. The van der Waals surface area contributed by atoms with Gasteiger partial charge in [-0.2, -0.15) is 9.97 Å². The van der Waals surface area contributed by atoms with Gasteiger partial charge in [0.05, 0.1) is 18.6 Å². The Bertz CT molecular complexity index is 1090. The van der Waals surface area contributed by atoms with Crippen LogP contribution in [0.1, 0.15) is 42.4 Å². The molecule has 3 unspecified atom stereocenters. The van der Waals surface area contributed by atoms with E-state index >= 15 is 0 Å². The van der Waals surface area contributed by atoms with E-state index in [4.69, 9.17) is 15.9 Å². The van der Waals surface area contributed by atoms with Crippen molar-refractivity contribution >= 4 is 30.0 Å². The molecule has 0 bridgehead atoms. The van der Waals surface area contributed by atoms with E-state index in [1.54, 1.807) is 0 Å². The highest BCUT2D eigenvalue weighted by Gasteiger charge is 2.27. The van der Waals surface area contributed by atoms with Gasteiger partial charge in [0.2, 0.25) is 5.95 Å². The number of piperazine rings is 1. The van der Waals surface area contributed by atoms with Gasteiger partial charge in [0, 0.05) is 63.9 Å². The Balaban J connectivity index is 1.34. The zero-order valence-electron chi connectivity index (χ0n) is 21.4. The van der Waals surface area contributed by atoms with Crippen LogP contribution in [0.4, 0.5) is 17.6 Å². The third kappa shape index (κ3) is 5.52. The number of benzene rings is 1. The summed E-state index contributed by atoms with van der Waals surface area (Å²) >= 11 is 0. The summed E-state index contributed by atoms with van der Waals surface area (Å²) in [6, 6.07) is 8.97. The fourth-order valence-corrected chi connectivity index (χ4v) is 5.36. The van der Waals surface area contributed by atoms with E-state index in [1.807, 2.05) is 6.21 Å². The zero-order valence-corrected chi connectivity index (χ0v) is 21.4. The third-order valence-electron chi connectivity index (χ3n) is 7.62. The molecule has 0 amide bonds. The molecule has 1 aromatic heterocycles. The van der Waals surface area contributed by atoms with E-state index in [0.717, 1.165) is 75.8 Å². The average molecular weight is 491 g/mol. The van der Waals surface area contributed by atoms with Gasteiger partial charge in [0.1, 0.15) is 11.6 Å². The number of nitrogen functional groups attached to an aromatic ring is 1. The normalized spacial score (nSPS) is 23.7. The van der Waals surface area contributed by atoms with E-state index in [-0.39, 0.29) is 12.0 Å². The molecule has 2 saturated heterocycles. The molecule has 9 heteroatoms. The lowest BCUT2D eigenvalue weighted by Gasteiger charge is -2.37. The molecule has 5 rings (SSSR count). The number of aromatic nitrogens is 2. The molecular formula is C27H38N8O. The van der Waals surface area contributed by atoms with E-state index in [1.165, 1.54) is 17.3 Å². The Morgan fingerprint density at radius 2 is 1.97 bits per heavy atom. The predicted molar refractivity (Wildman–Crippen MR) is 146 cm³/mol. The van der Waals surface area contributed by atoms with Crippen molar-refractivity contribution in [2.75, 3.05) is 61.9 Å². The minimum atomic E-state index is -0.136. The summed E-state index contributed by atoms with van der Waals surface area (Å²) in [5.41, 5.74) is 9.89. The molecule has 4 heterocycles. The van der Waals surface area contributed by atoms with Gasteiger partial charge >= 0.3 is 0 Å². The molecule has 9 nitrogen and oxygen atoms in total. The molecule has 1 aromatic carbocycles. The number of nitrogens with two attached hydrogens (primary N) is 1. The Morgan fingerprint density at radius 3 is 2.72 bits per heavy atom. The number of rotatable bonds is 7. The van der Waals surface area contributed by atoms with Crippen LogP contribution in [-0.2, 0) is 17.7 Å². The van der Waals surface area contributed by atoms with Crippen molar-refractivity contribution in [1.29, 1.82) is 5.41 Å². The molecule has 0 radical (unpaired) electrons. The standard InChI is InChI=1S/C27H38N8O/c1-19-12-20-5-6-21(23(15-28)16-30-17-24-4-3-11-36-24)13-22(20)18-35(19)26-14-25(31-27(29)32-26)34-9-7-33(2)8-10-34/h5-6,13-16,19,23-24,28H,3-4,7-12,17-18H2,1-2H3,(H2,29,31,32). The first-order valence-corrected chi connectivity index (χ1v) is 13.1. The van der Waals surface area contributed by atoms with Crippen LogP contribution in [0.3, 0.4) is 0 Å². The summed E-state index contributed by atoms with van der Waals surface area (Å²) in [5.74, 6) is 1.97. The van der Waals surface area contributed by atoms with Crippen molar-refractivity contribution in [3.05, 3.63) is 41.0 Å². The molecule has 2 fully saturated rings. The molecule has 3 N–H and O–H groups in total. The number of hydrogen-bond donors (Lipinski definition) is 2. The van der Waals surface area contributed by atoms with Crippen LogP contribution in [0.2, 0.25) is 0 Å². The smallest absolute Gasteiger partial charge is 0.223 e. The minimum Gasteiger partial charge on any atom is -0.376 e. The van der Waals surface area contributed by atoms with Crippen LogP contribution in [0.5, 0.6) is 0 Å². The molecule has 0 spiro atoms. The van der Waals surface area contributed by atoms with Crippen molar-refractivity contribution in [2.45, 2.75) is 50.8 Å². The fourth-order valence-electron chi connectivity index (χ4n) is 5.36. The second-order valence-corrected chi connectivity index (χ2v) is 10.3. The SMILES string of the molecule is CC1Cc2ccc(C(C=N)C=NCC3CCCO3)cc2CN1c1cc(N2CCN(C)CC2)nc(N)n1. The van der Waals surface area contributed by atoms with Crippen molar-refractivity contribution in [1.82, 2.24) is 14.9 Å². The quantitative estimate of drug-likeness (QED) is 0.575. The first kappa shape index (κ1) is 24.6. The zero-order chi connectivity index (χ0) is 25.1. The highest BCUT2D eigenvalue weighted by atomic mass is 16.5. The van der Waals surface area contributed by atoms with Crippen LogP contribution in [-0.4, -0.2) is 85.8 Å². The maximum atomic E-state index is 7.99. The van der Waals surface area contributed by atoms with Gasteiger partial charge in [-0.1, -0.05) is 18.2 Å². The van der Waals surface area contributed by atoms with Gasteiger partial charge < -0.3 is 30.6 Å². The van der Waals surface area contributed by atoms with Crippen molar-refractivity contribution in [3.63, 3.8) is 0 Å². The lowest BCUT2D eigenvalue weighted by atomic mass is 9.90. The molecule has 192 valence electrons. The lowest BCUT2D eigenvalue weighted by molar-refractivity contribution is 0.118. The molecule has 0 aliphatic carbocycles. The van der Waals surface area contributed by atoms with E-state index in [0.29, 0.717) is 18.5 Å². The predicted octanol–water partition coefficient (Wildman–Crippen LogP) is 2.74. The number of hydrogen-bond acceptors (Lipinski definition) is 9. The second kappa shape index (κ2) is 10.9. The number of ether oxygens (including phenoxy) is 1. The third-order valence-corrected chi connectivity index (χ3v) is 7.62. The van der Waals surface area contributed by atoms with Gasteiger partial charge in [-0.3, -0.25) is 4.99 Å². The van der Waals surface area contributed by atoms with E-state index < -0.39 is 0 Å². The summed E-state index contributed by atoms with van der Waals surface area (Å²) < 4.78 is 5.67. The summed E-state index contributed by atoms with van der Waals surface area (Å²) in [5, 5.41) is 7.99. The Kier molecular flexibility index (Phi) is 7.48. The summed E-state index contributed by atoms with van der Waals surface area (Å²) in [7, 11) is 2.15. The monoisotopic (exact) mass is 490 g/mol. The van der Waals surface area contributed by atoms with Gasteiger partial charge in [-0.25, -0.2) is 0 Å². The minimum absolute atomic E-state index is 0.136. The Morgan fingerprint density at radius 1 is 1.17 bits per heavy atom. The number of anilines is 3. The van der Waals surface area contributed by atoms with E-state index in [9.17, 15) is 0 Å². The number of fused-ring (bicyclic) bond motifs is 1. The number of nitrogens with zero attached hydrogens (tertiary/aromatic N) is 6. The van der Waals surface area contributed by atoms with Crippen LogP contribution >= 0.6 is 0 Å². The van der Waals surface area contributed by atoms with Gasteiger partial charge in [-0.15, -0.1) is 0 Å². The van der Waals surface area contributed by atoms with Crippen molar-refractivity contribution in [3.8, 4) is 0 Å². The number of aliphatic imine (C=N–C) groups is 1. The second-order valence-electron chi connectivity index (χ2n) is 10.3. The Labute approximate surface area is 213 Å². The van der Waals surface area contributed by atoms with Crippen LogP contribution in [0.15, 0.2) is 29.3 Å².